The van der Waals surface area contributed by atoms with Gasteiger partial charge in [-0.25, -0.2) is 4.98 Å². The molecule has 4 rings (SSSR count). The molecule has 23 heavy (non-hydrogen) atoms. The second-order valence-electron chi connectivity index (χ2n) is 6.49. The molecule has 1 saturated heterocycles. The van der Waals surface area contributed by atoms with Crippen LogP contribution >= 0.6 is 0 Å². The van der Waals surface area contributed by atoms with Crippen LogP contribution in [-0.4, -0.2) is 45.9 Å². The molecule has 1 aromatic heterocycles. The minimum Gasteiger partial charge on any atom is -0.344 e. The molecule has 0 bridgehead atoms. The molecule has 0 radical (unpaired) electrons. The van der Waals surface area contributed by atoms with Crippen LogP contribution in [0, 0.1) is 0 Å². The predicted octanol–water partition coefficient (Wildman–Crippen LogP) is 1.26. The highest BCUT2D eigenvalue weighted by atomic mass is 16.2. The number of likely N-dealkylation sites (tertiary alicyclic amines) is 1. The number of amides is 2. The number of aromatic nitrogens is 2. The van der Waals surface area contributed by atoms with Crippen LogP contribution in [0.1, 0.15) is 31.0 Å². The van der Waals surface area contributed by atoms with Crippen LogP contribution in [0.5, 0.6) is 0 Å². The van der Waals surface area contributed by atoms with Gasteiger partial charge in [-0.2, -0.15) is 0 Å². The number of rotatable bonds is 4. The van der Waals surface area contributed by atoms with Gasteiger partial charge in [-0.15, -0.1) is 0 Å². The Balaban J connectivity index is 1.56. The fraction of sp³-hybridized carbons (Fsp3) is 0.471. The van der Waals surface area contributed by atoms with Gasteiger partial charge in [-0.3, -0.25) is 9.59 Å². The second kappa shape index (κ2) is 5.37. The Kier molecular flexibility index (Phi) is 3.32. The molecule has 2 heterocycles. The lowest BCUT2D eigenvalue weighted by molar-refractivity contribution is -0.132. The number of carbonyl (C=O) groups excluding carboxylic acids is 2. The maximum absolute atomic E-state index is 12.4. The molecule has 1 atom stereocenters. The van der Waals surface area contributed by atoms with Gasteiger partial charge in [0.15, 0.2) is 0 Å². The first-order valence-electron chi connectivity index (χ1n) is 8.13. The summed E-state index contributed by atoms with van der Waals surface area (Å²) >= 11 is 0. The SMILES string of the molecule is CN1CCC(NC(=O)Cn2c(C3CC3)nc3ccccc32)C1=O. The Bertz CT molecular complexity index is 778. The zero-order valence-corrected chi connectivity index (χ0v) is 13.2. The summed E-state index contributed by atoms with van der Waals surface area (Å²) in [5, 5.41) is 2.87. The lowest BCUT2D eigenvalue weighted by Gasteiger charge is -2.14. The maximum atomic E-state index is 12.4. The first-order chi connectivity index (χ1) is 11.1. The largest absolute Gasteiger partial charge is 0.344 e. The van der Waals surface area contributed by atoms with E-state index >= 15 is 0 Å². The lowest BCUT2D eigenvalue weighted by Crippen LogP contribution is -2.42. The number of likely N-dealkylation sites (N-methyl/N-ethyl adjacent to an activating group) is 1. The van der Waals surface area contributed by atoms with Gasteiger partial charge in [0.1, 0.15) is 18.4 Å². The van der Waals surface area contributed by atoms with Crippen LogP contribution in [-0.2, 0) is 16.1 Å². The number of hydrogen-bond donors (Lipinski definition) is 1. The Hall–Kier alpha value is -2.37. The average Bonchev–Trinajstić information content (AvgIpc) is 3.27. The fourth-order valence-corrected chi connectivity index (χ4v) is 3.25. The summed E-state index contributed by atoms with van der Waals surface area (Å²) in [7, 11) is 1.77. The van der Waals surface area contributed by atoms with Crippen molar-refractivity contribution in [3.63, 3.8) is 0 Å². The Labute approximate surface area is 134 Å². The van der Waals surface area contributed by atoms with Crippen molar-refractivity contribution in [3.05, 3.63) is 30.1 Å². The van der Waals surface area contributed by atoms with Crippen molar-refractivity contribution in [2.75, 3.05) is 13.6 Å². The number of nitrogens with one attached hydrogen (secondary N) is 1. The normalized spacial score (nSPS) is 21.2. The van der Waals surface area contributed by atoms with E-state index in [4.69, 9.17) is 4.98 Å². The first kappa shape index (κ1) is 14.2. The molecule has 2 aromatic rings. The van der Waals surface area contributed by atoms with Crippen molar-refractivity contribution in [2.24, 2.45) is 0 Å². The minimum atomic E-state index is -0.383. The molecule has 1 N–H and O–H groups in total. The van der Waals surface area contributed by atoms with E-state index in [1.807, 2.05) is 28.8 Å². The van der Waals surface area contributed by atoms with Gasteiger partial charge in [-0.05, 0) is 31.4 Å². The summed E-state index contributed by atoms with van der Waals surface area (Å²) in [5.74, 6) is 1.34. The van der Waals surface area contributed by atoms with Crippen LogP contribution in [0.3, 0.4) is 0 Å². The highest BCUT2D eigenvalue weighted by Crippen LogP contribution is 2.40. The van der Waals surface area contributed by atoms with Crippen molar-refractivity contribution >= 4 is 22.8 Å². The molecule has 0 spiro atoms. The van der Waals surface area contributed by atoms with Crippen LogP contribution in [0.15, 0.2) is 24.3 Å². The summed E-state index contributed by atoms with van der Waals surface area (Å²) in [6.07, 6.45) is 2.95. The van der Waals surface area contributed by atoms with E-state index in [9.17, 15) is 9.59 Å². The number of nitrogens with zero attached hydrogens (tertiary/aromatic N) is 3. The highest BCUT2D eigenvalue weighted by molar-refractivity contribution is 5.89. The topological polar surface area (TPSA) is 67.2 Å². The molecule has 120 valence electrons. The molecular weight excluding hydrogens is 292 g/mol. The molecule has 6 heteroatoms. The zero-order chi connectivity index (χ0) is 16.0. The smallest absolute Gasteiger partial charge is 0.244 e. The summed E-state index contributed by atoms with van der Waals surface area (Å²) in [5.41, 5.74) is 1.92. The molecule has 1 saturated carbocycles. The van der Waals surface area contributed by atoms with Crippen molar-refractivity contribution in [1.82, 2.24) is 19.8 Å². The highest BCUT2D eigenvalue weighted by Gasteiger charge is 2.32. The van der Waals surface area contributed by atoms with Gasteiger partial charge < -0.3 is 14.8 Å². The number of benzene rings is 1. The molecule has 1 aliphatic carbocycles. The molecule has 6 nitrogen and oxygen atoms in total. The number of fused-ring (bicyclic) bond motifs is 1. The van der Waals surface area contributed by atoms with E-state index in [0.29, 0.717) is 18.9 Å². The van der Waals surface area contributed by atoms with Crippen molar-refractivity contribution in [1.29, 1.82) is 0 Å². The fourth-order valence-electron chi connectivity index (χ4n) is 3.25. The van der Waals surface area contributed by atoms with Gasteiger partial charge >= 0.3 is 0 Å². The summed E-state index contributed by atoms with van der Waals surface area (Å²) < 4.78 is 2.01. The van der Waals surface area contributed by atoms with E-state index in [1.54, 1.807) is 11.9 Å². The van der Waals surface area contributed by atoms with Crippen LogP contribution < -0.4 is 5.32 Å². The van der Waals surface area contributed by atoms with Gasteiger partial charge in [0, 0.05) is 19.5 Å². The van der Waals surface area contributed by atoms with Crippen molar-refractivity contribution in [2.45, 2.75) is 37.8 Å². The standard InChI is InChI=1S/C17H20N4O2/c1-20-9-8-13(17(20)23)18-15(22)10-21-14-5-3-2-4-12(14)19-16(21)11-6-7-11/h2-5,11,13H,6-10H2,1H3,(H,18,22). The lowest BCUT2D eigenvalue weighted by atomic mass is 10.2. The summed E-state index contributed by atoms with van der Waals surface area (Å²) in [6, 6.07) is 7.52. The Morgan fingerprint density at radius 2 is 2.09 bits per heavy atom. The second-order valence-corrected chi connectivity index (χ2v) is 6.49. The molecule has 1 aromatic carbocycles. The third-order valence-electron chi connectivity index (χ3n) is 4.69. The van der Waals surface area contributed by atoms with E-state index < -0.39 is 0 Å². The Morgan fingerprint density at radius 1 is 1.30 bits per heavy atom. The van der Waals surface area contributed by atoms with E-state index in [0.717, 1.165) is 29.7 Å². The zero-order valence-electron chi connectivity index (χ0n) is 13.2. The predicted molar refractivity (Wildman–Crippen MR) is 85.9 cm³/mol. The molecule has 2 fully saturated rings. The van der Waals surface area contributed by atoms with Crippen molar-refractivity contribution < 1.29 is 9.59 Å². The third-order valence-corrected chi connectivity index (χ3v) is 4.69. The van der Waals surface area contributed by atoms with E-state index in [1.165, 1.54) is 0 Å². The molecular formula is C17H20N4O2. The third kappa shape index (κ3) is 2.58. The number of hydrogen-bond acceptors (Lipinski definition) is 3. The molecule has 2 aliphatic rings. The van der Waals surface area contributed by atoms with Crippen LogP contribution in [0.25, 0.3) is 11.0 Å². The maximum Gasteiger partial charge on any atom is 0.244 e. The average molecular weight is 312 g/mol. The molecule has 2 amide bonds. The monoisotopic (exact) mass is 312 g/mol. The number of carbonyl (C=O) groups is 2. The quantitative estimate of drug-likeness (QED) is 0.924. The molecule has 1 unspecified atom stereocenters. The van der Waals surface area contributed by atoms with Gasteiger partial charge in [0.05, 0.1) is 11.0 Å². The minimum absolute atomic E-state index is 0.00347. The number of para-hydroxylation sites is 2. The van der Waals surface area contributed by atoms with E-state index in [-0.39, 0.29) is 24.4 Å². The van der Waals surface area contributed by atoms with Gasteiger partial charge in [-0.1, -0.05) is 12.1 Å². The molecule has 1 aliphatic heterocycles. The summed E-state index contributed by atoms with van der Waals surface area (Å²) in [4.78, 5) is 30.7. The van der Waals surface area contributed by atoms with E-state index in [2.05, 4.69) is 5.32 Å². The van der Waals surface area contributed by atoms with Gasteiger partial charge in [0.25, 0.3) is 0 Å². The number of imidazole rings is 1. The summed E-state index contributed by atoms with van der Waals surface area (Å²) in [6.45, 7) is 0.922. The first-order valence-corrected chi connectivity index (χ1v) is 8.13. The van der Waals surface area contributed by atoms with Crippen LogP contribution in [0.2, 0.25) is 0 Å². The van der Waals surface area contributed by atoms with Crippen LogP contribution in [0.4, 0.5) is 0 Å². The van der Waals surface area contributed by atoms with Crippen molar-refractivity contribution in [3.8, 4) is 0 Å². The van der Waals surface area contributed by atoms with Gasteiger partial charge in [0.2, 0.25) is 11.8 Å². The Morgan fingerprint density at radius 3 is 2.78 bits per heavy atom.